The third kappa shape index (κ3) is 4.91. The molecule has 0 radical (unpaired) electrons. The smallest absolute Gasteiger partial charge is 0.251 e. The fourth-order valence-electron chi connectivity index (χ4n) is 1.73. The minimum atomic E-state index is -0.268. The summed E-state index contributed by atoms with van der Waals surface area (Å²) < 4.78 is 0. The van der Waals surface area contributed by atoms with E-state index in [2.05, 4.69) is 19.2 Å². The molecule has 0 aliphatic rings. The lowest BCUT2D eigenvalue weighted by atomic mass is 10.1. The van der Waals surface area contributed by atoms with E-state index in [-0.39, 0.29) is 18.4 Å². The van der Waals surface area contributed by atoms with Crippen LogP contribution in [0, 0.1) is 5.92 Å². The molecule has 110 valence electrons. The van der Waals surface area contributed by atoms with Crippen LogP contribution in [0.5, 0.6) is 0 Å². The van der Waals surface area contributed by atoms with Gasteiger partial charge in [-0.25, -0.2) is 0 Å². The molecule has 1 aromatic rings. The fraction of sp³-hybridized carbons (Fsp3) is 0.467. The third-order valence-corrected chi connectivity index (χ3v) is 3.28. The predicted octanol–water partition coefficient (Wildman–Crippen LogP) is 1.50. The average Bonchev–Trinajstić information content (AvgIpc) is 2.44. The Hall–Kier alpha value is -2.04. The zero-order chi connectivity index (χ0) is 15.1. The highest BCUT2D eigenvalue weighted by atomic mass is 16.2. The molecule has 0 heterocycles. The van der Waals surface area contributed by atoms with E-state index in [0.717, 1.165) is 6.42 Å². The summed E-state index contributed by atoms with van der Waals surface area (Å²) in [4.78, 5) is 25.4. The Labute approximate surface area is 120 Å². The number of rotatable bonds is 6. The van der Waals surface area contributed by atoms with Gasteiger partial charge in [0.2, 0.25) is 5.91 Å². The summed E-state index contributed by atoms with van der Waals surface area (Å²) in [5.74, 6) is 0.0983. The second-order valence-corrected chi connectivity index (χ2v) is 5.09. The van der Waals surface area contributed by atoms with Crippen molar-refractivity contribution in [1.82, 2.24) is 10.2 Å². The molecule has 5 heteroatoms. The lowest BCUT2D eigenvalue weighted by Crippen LogP contribution is -2.39. The van der Waals surface area contributed by atoms with Crippen molar-refractivity contribution in [1.29, 1.82) is 0 Å². The molecule has 0 aliphatic carbocycles. The maximum atomic E-state index is 11.9. The maximum Gasteiger partial charge on any atom is 0.251 e. The van der Waals surface area contributed by atoms with Crippen molar-refractivity contribution >= 4 is 17.5 Å². The lowest BCUT2D eigenvalue weighted by molar-refractivity contribution is -0.129. The van der Waals surface area contributed by atoms with E-state index < -0.39 is 0 Å². The van der Waals surface area contributed by atoms with Gasteiger partial charge < -0.3 is 16.0 Å². The first-order valence-electron chi connectivity index (χ1n) is 6.81. The van der Waals surface area contributed by atoms with Gasteiger partial charge in [-0.1, -0.05) is 20.3 Å². The predicted molar refractivity (Wildman–Crippen MR) is 80.3 cm³/mol. The summed E-state index contributed by atoms with van der Waals surface area (Å²) in [7, 11) is 1.75. The van der Waals surface area contributed by atoms with Gasteiger partial charge in [-0.2, -0.15) is 0 Å². The van der Waals surface area contributed by atoms with Crippen LogP contribution in [-0.2, 0) is 4.79 Å². The molecule has 1 unspecified atom stereocenters. The summed E-state index contributed by atoms with van der Waals surface area (Å²) in [6, 6.07) is 6.59. The first-order valence-corrected chi connectivity index (χ1v) is 6.81. The number of carbonyl (C=O) groups is 2. The molecule has 3 N–H and O–H groups in total. The molecule has 1 rings (SSSR count). The second kappa shape index (κ2) is 7.53. The molecule has 0 fully saturated rings. The minimum Gasteiger partial charge on any atom is -0.399 e. The highest BCUT2D eigenvalue weighted by molar-refractivity contribution is 5.96. The standard InChI is InChI=1S/C15H23N3O2/c1-4-11(2)10-18(3)14(19)9-17-15(20)12-5-7-13(16)8-6-12/h5-8,11H,4,9-10,16H2,1-3H3,(H,17,20). The van der Waals surface area contributed by atoms with Gasteiger partial charge in [-0.3, -0.25) is 9.59 Å². The van der Waals surface area contributed by atoms with E-state index in [1.54, 1.807) is 36.2 Å². The Morgan fingerprint density at radius 3 is 2.45 bits per heavy atom. The van der Waals surface area contributed by atoms with Crippen LogP contribution in [0.25, 0.3) is 0 Å². The lowest BCUT2D eigenvalue weighted by Gasteiger charge is -2.21. The molecule has 0 saturated heterocycles. The number of amides is 2. The fourth-order valence-corrected chi connectivity index (χ4v) is 1.73. The highest BCUT2D eigenvalue weighted by Crippen LogP contribution is 2.05. The number of nitrogens with one attached hydrogen (secondary N) is 1. The Morgan fingerprint density at radius 1 is 1.30 bits per heavy atom. The quantitative estimate of drug-likeness (QED) is 0.774. The zero-order valence-electron chi connectivity index (χ0n) is 12.3. The number of nitrogens with zero attached hydrogens (tertiary/aromatic N) is 1. The van der Waals surface area contributed by atoms with E-state index in [4.69, 9.17) is 5.73 Å². The summed E-state index contributed by atoms with van der Waals surface area (Å²) in [6.45, 7) is 4.89. The van der Waals surface area contributed by atoms with E-state index in [9.17, 15) is 9.59 Å². The Morgan fingerprint density at radius 2 is 1.90 bits per heavy atom. The van der Waals surface area contributed by atoms with Crippen molar-refractivity contribution < 1.29 is 9.59 Å². The van der Waals surface area contributed by atoms with Gasteiger partial charge in [0.1, 0.15) is 0 Å². The monoisotopic (exact) mass is 277 g/mol. The average molecular weight is 277 g/mol. The Balaban J connectivity index is 2.44. The molecule has 0 spiro atoms. The largest absolute Gasteiger partial charge is 0.399 e. The molecule has 0 aliphatic heterocycles. The molecule has 5 nitrogen and oxygen atoms in total. The van der Waals surface area contributed by atoms with Crippen LogP contribution in [0.1, 0.15) is 30.6 Å². The molecule has 1 aromatic carbocycles. The molecule has 1 atom stereocenters. The SMILES string of the molecule is CCC(C)CN(C)C(=O)CNC(=O)c1ccc(N)cc1. The van der Waals surface area contributed by atoms with E-state index in [0.29, 0.717) is 23.7 Å². The number of carbonyl (C=O) groups excluding carboxylic acids is 2. The van der Waals surface area contributed by atoms with Gasteiger partial charge in [0, 0.05) is 24.8 Å². The van der Waals surface area contributed by atoms with Crippen LogP contribution in [-0.4, -0.2) is 36.9 Å². The highest BCUT2D eigenvalue weighted by Gasteiger charge is 2.13. The van der Waals surface area contributed by atoms with Crippen molar-refractivity contribution in [2.24, 2.45) is 5.92 Å². The van der Waals surface area contributed by atoms with E-state index in [1.165, 1.54) is 0 Å². The van der Waals surface area contributed by atoms with Crippen LogP contribution < -0.4 is 11.1 Å². The van der Waals surface area contributed by atoms with E-state index in [1.807, 2.05) is 0 Å². The molecular weight excluding hydrogens is 254 g/mol. The Kier molecular flexibility index (Phi) is 6.03. The number of likely N-dealkylation sites (N-methyl/N-ethyl adjacent to an activating group) is 1. The zero-order valence-corrected chi connectivity index (χ0v) is 12.3. The third-order valence-electron chi connectivity index (χ3n) is 3.28. The normalized spacial score (nSPS) is 11.8. The summed E-state index contributed by atoms with van der Waals surface area (Å²) in [5.41, 5.74) is 6.66. The van der Waals surface area contributed by atoms with Crippen molar-refractivity contribution in [2.75, 3.05) is 25.9 Å². The molecule has 0 aromatic heterocycles. The van der Waals surface area contributed by atoms with Gasteiger partial charge in [-0.15, -0.1) is 0 Å². The molecular formula is C15H23N3O2. The summed E-state index contributed by atoms with van der Waals surface area (Å²) >= 11 is 0. The Bertz CT molecular complexity index is 457. The number of nitrogens with two attached hydrogens (primary N) is 1. The number of benzene rings is 1. The van der Waals surface area contributed by atoms with Gasteiger partial charge in [0.15, 0.2) is 0 Å². The van der Waals surface area contributed by atoms with Crippen molar-refractivity contribution in [3.8, 4) is 0 Å². The van der Waals surface area contributed by atoms with Crippen LogP contribution in [0.15, 0.2) is 24.3 Å². The van der Waals surface area contributed by atoms with Crippen LogP contribution in [0.2, 0.25) is 0 Å². The first-order chi connectivity index (χ1) is 9.43. The molecule has 0 bridgehead atoms. The number of nitrogen functional groups attached to an aromatic ring is 1. The van der Waals surface area contributed by atoms with Crippen LogP contribution >= 0.6 is 0 Å². The molecule has 0 saturated carbocycles. The van der Waals surface area contributed by atoms with Gasteiger partial charge in [0.25, 0.3) is 5.91 Å². The second-order valence-electron chi connectivity index (χ2n) is 5.09. The summed E-state index contributed by atoms with van der Waals surface area (Å²) in [6.07, 6.45) is 1.02. The minimum absolute atomic E-state index is 0.0101. The number of hydrogen-bond acceptors (Lipinski definition) is 3. The van der Waals surface area contributed by atoms with Crippen molar-refractivity contribution in [3.63, 3.8) is 0 Å². The molecule has 2 amide bonds. The van der Waals surface area contributed by atoms with Gasteiger partial charge >= 0.3 is 0 Å². The van der Waals surface area contributed by atoms with E-state index >= 15 is 0 Å². The van der Waals surface area contributed by atoms with Crippen LogP contribution in [0.4, 0.5) is 5.69 Å². The maximum absolute atomic E-state index is 11.9. The van der Waals surface area contributed by atoms with Gasteiger partial charge in [-0.05, 0) is 30.2 Å². The van der Waals surface area contributed by atoms with Crippen molar-refractivity contribution in [3.05, 3.63) is 29.8 Å². The van der Waals surface area contributed by atoms with Crippen LogP contribution in [0.3, 0.4) is 0 Å². The van der Waals surface area contributed by atoms with Crippen molar-refractivity contribution in [2.45, 2.75) is 20.3 Å². The topological polar surface area (TPSA) is 75.4 Å². The van der Waals surface area contributed by atoms with Gasteiger partial charge in [0.05, 0.1) is 6.54 Å². The first kappa shape index (κ1) is 16.0. The number of anilines is 1. The number of hydrogen-bond donors (Lipinski definition) is 2. The summed E-state index contributed by atoms with van der Waals surface area (Å²) in [5, 5.41) is 2.62. The molecule has 20 heavy (non-hydrogen) atoms.